The maximum atomic E-state index is 10.5. The molecule has 3 nitrogen and oxygen atoms in total. The number of rotatable bonds is 2. The molecule has 0 amide bonds. The molecular weight excluding hydrogens is 228 g/mol. The predicted octanol–water partition coefficient (Wildman–Crippen LogP) is 3.43. The Bertz CT molecular complexity index is 504. The largest absolute Gasteiger partial charge is 0.458 e. The van der Waals surface area contributed by atoms with Gasteiger partial charge in [-0.05, 0) is 38.3 Å². The molecule has 0 aliphatic carbocycles. The number of aliphatic hydroxyl groups is 1. The first-order chi connectivity index (χ1) is 8.69. The van der Waals surface area contributed by atoms with Crippen LogP contribution in [0.15, 0.2) is 34.7 Å². The van der Waals surface area contributed by atoms with Crippen molar-refractivity contribution in [2.24, 2.45) is 0 Å². The van der Waals surface area contributed by atoms with Gasteiger partial charge < -0.3 is 14.3 Å². The molecule has 0 spiro atoms. The summed E-state index contributed by atoms with van der Waals surface area (Å²) >= 11 is 0. The zero-order valence-electron chi connectivity index (χ0n) is 10.6. The molecule has 2 atom stereocenters. The number of fused-ring (bicyclic) bond motifs is 1. The van der Waals surface area contributed by atoms with Crippen molar-refractivity contribution in [2.75, 3.05) is 6.61 Å². The first-order valence-electron chi connectivity index (χ1n) is 6.49. The molecule has 0 bridgehead atoms. The minimum absolute atomic E-state index is 0.522. The van der Waals surface area contributed by atoms with Gasteiger partial charge in [0.1, 0.15) is 17.4 Å². The minimum Gasteiger partial charge on any atom is -0.458 e. The quantitative estimate of drug-likeness (QED) is 0.882. The highest BCUT2D eigenvalue weighted by Crippen LogP contribution is 2.38. The summed E-state index contributed by atoms with van der Waals surface area (Å²) in [4.78, 5) is 0. The zero-order valence-corrected chi connectivity index (χ0v) is 10.6. The summed E-state index contributed by atoms with van der Waals surface area (Å²) < 4.78 is 11.5. The van der Waals surface area contributed by atoms with Crippen molar-refractivity contribution in [3.8, 4) is 0 Å². The van der Waals surface area contributed by atoms with Crippen LogP contribution in [0.25, 0.3) is 11.0 Å². The molecule has 2 aromatic rings. The van der Waals surface area contributed by atoms with E-state index in [-0.39, 0.29) is 0 Å². The van der Waals surface area contributed by atoms with Crippen LogP contribution in [-0.4, -0.2) is 17.3 Å². The van der Waals surface area contributed by atoms with Gasteiger partial charge in [-0.15, -0.1) is 0 Å². The van der Waals surface area contributed by atoms with E-state index in [0.717, 1.165) is 30.2 Å². The van der Waals surface area contributed by atoms with E-state index < -0.39 is 11.7 Å². The van der Waals surface area contributed by atoms with Gasteiger partial charge in [-0.1, -0.05) is 18.2 Å². The van der Waals surface area contributed by atoms with Crippen molar-refractivity contribution in [3.05, 3.63) is 36.1 Å². The molecule has 3 heteroatoms. The molecule has 1 aromatic carbocycles. The van der Waals surface area contributed by atoms with Crippen LogP contribution < -0.4 is 0 Å². The van der Waals surface area contributed by atoms with E-state index in [0.29, 0.717) is 12.4 Å². The molecular formula is C15H18O3. The molecule has 1 fully saturated rings. The van der Waals surface area contributed by atoms with Crippen LogP contribution in [0, 0.1) is 0 Å². The number of aliphatic hydroxyl groups excluding tert-OH is 1. The normalized spacial score (nSPS) is 26.3. The molecule has 96 valence electrons. The van der Waals surface area contributed by atoms with Gasteiger partial charge in [-0.25, -0.2) is 0 Å². The van der Waals surface area contributed by atoms with Crippen LogP contribution in [0.3, 0.4) is 0 Å². The summed E-state index contributed by atoms with van der Waals surface area (Å²) in [6.07, 6.45) is 2.33. The summed E-state index contributed by atoms with van der Waals surface area (Å²) in [5.41, 5.74) is 0.289. The lowest BCUT2D eigenvalue weighted by Gasteiger charge is -2.36. The summed E-state index contributed by atoms with van der Waals surface area (Å²) in [5.74, 6) is 0.598. The summed E-state index contributed by atoms with van der Waals surface area (Å²) in [6, 6.07) is 9.70. The first kappa shape index (κ1) is 11.8. The lowest BCUT2D eigenvalue weighted by molar-refractivity contribution is -0.143. The van der Waals surface area contributed by atoms with Gasteiger partial charge in [0, 0.05) is 12.0 Å². The number of hydrogen-bond donors (Lipinski definition) is 1. The van der Waals surface area contributed by atoms with Crippen molar-refractivity contribution < 1.29 is 14.3 Å². The van der Waals surface area contributed by atoms with Crippen LogP contribution in [0.2, 0.25) is 0 Å². The summed E-state index contributed by atoms with van der Waals surface area (Å²) in [7, 11) is 0. The highest BCUT2D eigenvalue weighted by Gasteiger charge is 2.38. The highest BCUT2D eigenvalue weighted by atomic mass is 16.5. The molecule has 3 rings (SSSR count). The monoisotopic (exact) mass is 246 g/mol. The number of para-hydroxylation sites is 1. The van der Waals surface area contributed by atoms with Crippen LogP contribution in [0.5, 0.6) is 0 Å². The van der Waals surface area contributed by atoms with Gasteiger partial charge in [0.05, 0.1) is 5.60 Å². The SMILES string of the molecule is CC1(C(O)c2cc3ccccc3o2)CCCCO1. The van der Waals surface area contributed by atoms with Gasteiger partial charge in [-0.2, -0.15) is 0 Å². The maximum Gasteiger partial charge on any atom is 0.140 e. The van der Waals surface area contributed by atoms with E-state index in [4.69, 9.17) is 9.15 Å². The third-order valence-corrected chi connectivity index (χ3v) is 3.79. The number of furan rings is 1. The van der Waals surface area contributed by atoms with E-state index in [1.165, 1.54) is 0 Å². The third-order valence-electron chi connectivity index (χ3n) is 3.79. The standard InChI is InChI=1S/C15H18O3/c1-15(8-4-5-9-17-15)14(16)13-10-11-6-2-3-7-12(11)18-13/h2-3,6-7,10,14,16H,4-5,8-9H2,1H3. The zero-order chi connectivity index (χ0) is 12.6. The van der Waals surface area contributed by atoms with Crippen molar-refractivity contribution in [1.82, 2.24) is 0 Å². The average Bonchev–Trinajstić information content (AvgIpc) is 2.82. The van der Waals surface area contributed by atoms with E-state index >= 15 is 0 Å². The Hall–Kier alpha value is -1.32. The first-order valence-corrected chi connectivity index (χ1v) is 6.49. The second-order valence-electron chi connectivity index (χ2n) is 5.21. The van der Waals surface area contributed by atoms with Gasteiger partial charge in [0.2, 0.25) is 0 Å². The van der Waals surface area contributed by atoms with Crippen LogP contribution in [0.4, 0.5) is 0 Å². The predicted molar refractivity (Wildman–Crippen MR) is 69.4 cm³/mol. The average molecular weight is 246 g/mol. The molecule has 18 heavy (non-hydrogen) atoms. The molecule has 2 unspecified atom stereocenters. The Morgan fingerprint density at radius 2 is 2.11 bits per heavy atom. The Labute approximate surface area is 106 Å². The third kappa shape index (κ3) is 1.93. The van der Waals surface area contributed by atoms with Crippen molar-refractivity contribution in [1.29, 1.82) is 0 Å². The van der Waals surface area contributed by atoms with E-state index in [9.17, 15) is 5.11 Å². The van der Waals surface area contributed by atoms with E-state index in [2.05, 4.69) is 0 Å². The van der Waals surface area contributed by atoms with Gasteiger partial charge in [0.25, 0.3) is 0 Å². The minimum atomic E-state index is -0.704. The van der Waals surface area contributed by atoms with Gasteiger partial charge in [0.15, 0.2) is 0 Å². The second kappa shape index (κ2) is 4.41. The Balaban J connectivity index is 1.93. The van der Waals surface area contributed by atoms with Crippen molar-refractivity contribution in [2.45, 2.75) is 37.9 Å². The smallest absolute Gasteiger partial charge is 0.140 e. The molecule has 1 aliphatic rings. The van der Waals surface area contributed by atoms with Gasteiger partial charge in [-0.3, -0.25) is 0 Å². The van der Waals surface area contributed by atoms with E-state index in [1.54, 1.807) is 0 Å². The van der Waals surface area contributed by atoms with E-state index in [1.807, 2.05) is 37.3 Å². The fourth-order valence-corrected chi connectivity index (χ4v) is 2.61. The van der Waals surface area contributed by atoms with Gasteiger partial charge >= 0.3 is 0 Å². The maximum absolute atomic E-state index is 10.5. The number of hydrogen-bond acceptors (Lipinski definition) is 3. The summed E-state index contributed by atoms with van der Waals surface area (Å²) in [5, 5.41) is 11.5. The second-order valence-corrected chi connectivity index (χ2v) is 5.21. The number of benzene rings is 1. The number of ether oxygens (including phenoxy) is 1. The molecule has 1 aliphatic heterocycles. The molecule has 1 N–H and O–H groups in total. The van der Waals surface area contributed by atoms with Crippen LogP contribution >= 0.6 is 0 Å². The fourth-order valence-electron chi connectivity index (χ4n) is 2.61. The Morgan fingerprint density at radius 3 is 2.83 bits per heavy atom. The Kier molecular flexibility index (Phi) is 2.88. The fraction of sp³-hybridized carbons (Fsp3) is 0.467. The van der Waals surface area contributed by atoms with Crippen molar-refractivity contribution >= 4 is 11.0 Å². The lowest BCUT2D eigenvalue weighted by atomic mass is 9.89. The molecule has 1 aromatic heterocycles. The molecule has 0 saturated carbocycles. The van der Waals surface area contributed by atoms with Crippen molar-refractivity contribution in [3.63, 3.8) is 0 Å². The summed E-state index contributed by atoms with van der Waals surface area (Å²) in [6.45, 7) is 2.68. The molecule has 0 radical (unpaired) electrons. The highest BCUT2D eigenvalue weighted by molar-refractivity contribution is 5.77. The topological polar surface area (TPSA) is 42.6 Å². The molecule has 1 saturated heterocycles. The molecule has 2 heterocycles. The van der Waals surface area contributed by atoms with Crippen LogP contribution in [0.1, 0.15) is 38.1 Å². The van der Waals surface area contributed by atoms with Crippen LogP contribution in [-0.2, 0) is 4.74 Å². The Morgan fingerprint density at radius 1 is 1.28 bits per heavy atom. The lowest BCUT2D eigenvalue weighted by Crippen LogP contribution is -2.39.